The first-order valence-electron chi connectivity index (χ1n) is 26.8. The van der Waals surface area contributed by atoms with Crippen molar-refractivity contribution in [3.05, 3.63) is 60.8 Å². The van der Waals surface area contributed by atoms with Crippen molar-refractivity contribution < 1.29 is 28.6 Å². The Bertz CT molecular complexity index is 1150. The number of allylic oxidation sites excluding steroid dienone is 10. The van der Waals surface area contributed by atoms with Crippen LogP contribution in [0.5, 0.6) is 0 Å². The zero-order chi connectivity index (χ0) is 45.8. The van der Waals surface area contributed by atoms with Gasteiger partial charge in [0, 0.05) is 19.3 Å². The highest BCUT2D eigenvalue weighted by Gasteiger charge is 2.19. The van der Waals surface area contributed by atoms with Gasteiger partial charge in [-0.25, -0.2) is 0 Å². The van der Waals surface area contributed by atoms with Crippen LogP contribution in [0.15, 0.2) is 60.8 Å². The van der Waals surface area contributed by atoms with E-state index in [1.807, 2.05) is 0 Å². The van der Waals surface area contributed by atoms with E-state index in [0.29, 0.717) is 19.3 Å². The van der Waals surface area contributed by atoms with Crippen LogP contribution in [0.3, 0.4) is 0 Å². The summed E-state index contributed by atoms with van der Waals surface area (Å²) in [5.41, 5.74) is 0. The van der Waals surface area contributed by atoms with Crippen molar-refractivity contribution in [1.29, 1.82) is 0 Å². The van der Waals surface area contributed by atoms with Crippen molar-refractivity contribution in [2.24, 2.45) is 0 Å². The van der Waals surface area contributed by atoms with E-state index in [2.05, 4.69) is 81.5 Å². The lowest BCUT2D eigenvalue weighted by Gasteiger charge is -2.18. The molecule has 0 saturated carbocycles. The molecule has 6 heteroatoms. The van der Waals surface area contributed by atoms with Gasteiger partial charge in [0.2, 0.25) is 0 Å². The molecule has 0 heterocycles. The normalized spacial score (nSPS) is 12.5. The van der Waals surface area contributed by atoms with E-state index in [1.54, 1.807) is 0 Å². The maximum absolute atomic E-state index is 12.8. The summed E-state index contributed by atoms with van der Waals surface area (Å²) >= 11 is 0. The Morgan fingerprint density at radius 1 is 0.317 bits per heavy atom. The van der Waals surface area contributed by atoms with Crippen molar-refractivity contribution in [1.82, 2.24) is 0 Å². The maximum atomic E-state index is 12.8. The van der Waals surface area contributed by atoms with Crippen LogP contribution in [0, 0.1) is 0 Å². The molecule has 0 aliphatic heterocycles. The van der Waals surface area contributed by atoms with Gasteiger partial charge in [-0.15, -0.1) is 0 Å². The molecule has 0 radical (unpaired) electrons. The zero-order valence-corrected chi connectivity index (χ0v) is 41.6. The minimum Gasteiger partial charge on any atom is -0.462 e. The number of esters is 3. The third kappa shape index (κ3) is 50.0. The molecule has 0 unspecified atom stereocenters. The second-order valence-electron chi connectivity index (χ2n) is 17.8. The molecular weight excluding hydrogens is 781 g/mol. The predicted molar refractivity (Wildman–Crippen MR) is 270 cm³/mol. The highest BCUT2D eigenvalue weighted by Crippen LogP contribution is 2.15. The second-order valence-corrected chi connectivity index (χ2v) is 17.8. The van der Waals surface area contributed by atoms with Gasteiger partial charge in [0.1, 0.15) is 13.2 Å². The van der Waals surface area contributed by atoms with Gasteiger partial charge in [-0.1, -0.05) is 223 Å². The van der Waals surface area contributed by atoms with Crippen molar-refractivity contribution in [3.8, 4) is 0 Å². The van der Waals surface area contributed by atoms with Gasteiger partial charge in [-0.3, -0.25) is 14.4 Å². The summed E-state index contributed by atoms with van der Waals surface area (Å²) < 4.78 is 16.8. The van der Waals surface area contributed by atoms with E-state index < -0.39 is 6.10 Å². The van der Waals surface area contributed by atoms with Crippen molar-refractivity contribution in [2.75, 3.05) is 13.2 Å². The Hall–Kier alpha value is -2.89. The Balaban J connectivity index is 4.41. The minimum atomic E-state index is -0.794. The summed E-state index contributed by atoms with van der Waals surface area (Å²) in [6.45, 7) is 6.56. The molecule has 0 N–H and O–H groups in total. The summed E-state index contributed by atoms with van der Waals surface area (Å²) in [4.78, 5) is 38.0. The van der Waals surface area contributed by atoms with Crippen LogP contribution in [0.1, 0.15) is 265 Å². The third-order valence-electron chi connectivity index (χ3n) is 11.5. The molecule has 0 rings (SSSR count). The van der Waals surface area contributed by atoms with Crippen LogP contribution < -0.4 is 0 Å². The summed E-state index contributed by atoms with van der Waals surface area (Å²) in [6, 6.07) is 0. The molecule has 1 atom stereocenters. The first-order valence-corrected chi connectivity index (χ1v) is 26.8. The SMILES string of the molecule is CCCCC/C=C\C/C=C\C/C=C\C/C=C\CCCC(=O)OC[C@H](COC(=O)CCCCCCCCC/C=C\CCCCCCCC)OC(=O)CCCCCCCCCCCCC. The molecule has 63 heavy (non-hydrogen) atoms. The summed E-state index contributed by atoms with van der Waals surface area (Å²) in [5.74, 6) is -0.948. The molecule has 0 bridgehead atoms. The fourth-order valence-electron chi connectivity index (χ4n) is 7.43. The Morgan fingerprint density at radius 3 is 1.00 bits per heavy atom. The molecule has 6 nitrogen and oxygen atoms in total. The molecule has 0 aromatic carbocycles. The quantitative estimate of drug-likeness (QED) is 0.0262. The Morgan fingerprint density at radius 2 is 0.587 bits per heavy atom. The molecule has 0 fully saturated rings. The number of ether oxygens (including phenoxy) is 3. The Labute approximate surface area is 390 Å². The van der Waals surface area contributed by atoms with Crippen LogP contribution in [-0.4, -0.2) is 37.2 Å². The van der Waals surface area contributed by atoms with Gasteiger partial charge in [0.25, 0.3) is 0 Å². The van der Waals surface area contributed by atoms with E-state index in [-0.39, 0.29) is 37.5 Å². The fourth-order valence-corrected chi connectivity index (χ4v) is 7.43. The predicted octanol–water partition coefficient (Wildman–Crippen LogP) is 17.6. The molecule has 0 aliphatic rings. The van der Waals surface area contributed by atoms with Crippen LogP contribution in [-0.2, 0) is 28.6 Å². The second kappa shape index (κ2) is 51.7. The summed E-state index contributed by atoms with van der Waals surface area (Å²) in [7, 11) is 0. The number of hydrogen-bond donors (Lipinski definition) is 0. The molecule has 0 amide bonds. The monoisotopic (exact) mass is 881 g/mol. The van der Waals surface area contributed by atoms with Crippen LogP contribution >= 0.6 is 0 Å². The topological polar surface area (TPSA) is 78.9 Å². The van der Waals surface area contributed by atoms with Crippen molar-refractivity contribution >= 4 is 17.9 Å². The zero-order valence-electron chi connectivity index (χ0n) is 41.6. The summed E-state index contributed by atoms with van der Waals surface area (Å²) in [5, 5.41) is 0. The number of hydrogen-bond acceptors (Lipinski definition) is 6. The van der Waals surface area contributed by atoms with Gasteiger partial charge < -0.3 is 14.2 Å². The lowest BCUT2D eigenvalue weighted by atomic mass is 10.1. The van der Waals surface area contributed by atoms with E-state index in [4.69, 9.17) is 14.2 Å². The molecule has 0 spiro atoms. The molecule has 0 saturated heterocycles. The van der Waals surface area contributed by atoms with Gasteiger partial charge >= 0.3 is 17.9 Å². The number of carbonyl (C=O) groups is 3. The van der Waals surface area contributed by atoms with E-state index in [1.165, 1.54) is 154 Å². The number of rotatable bonds is 48. The summed E-state index contributed by atoms with van der Waals surface area (Å²) in [6.07, 6.45) is 63.5. The molecule has 364 valence electrons. The average molecular weight is 881 g/mol. The smallest absolute Gasteiger partial charge is 0.306 e. The van der Waals surface area contributed by atoms with E-state index in [0.717, 1.165) is 64.2 Å². The van der Waals surface area contributed by atoms with Gasteiger partial charge in [-0.05, 0) is 83.5 Å². The lowest BCUT2D eigenvalue weighted by Crippen LogP contribution is -2.30. The number of carbonyl (C=O) groups excluding carboxylic acids is 3. The Kier molecular flexibility index (Phi) is 49.4. The maximum Gasteiger partial charge on any atom is 0.306 e. The van der Waals surface area contributed by atoms with Crippen LogP contribution in [0.2, 0.25) is 0 Å². The fraction of sp³-hybridized carbons (Fsp3) is 0.772. The molecule has 0 aliphatic carbocycles. The van der Waals surface area contributed by atoms with Crippen molar-refractivity contribution in [2.45, 2.75) is 271 Å². The highest BCUT2D eigenvalue weighted by molar-refractivity contribution is 5.71. The minimum absolute atomic E-state index is 0.0915. The van der Waals surface area contributed by atoms with Gasteiger partial charge in [0.05, 0.1) is 0 Å². The highest BCUT2D eigenvalue weighted by atomic mass is 16.6. The lowest BCUT2D eigenvalue weighted by molar-refractivity contribution is -0.167. The first-order chi connectivity index (χ1) is 31.0. The first kappa shape index (κ1) is 60.1. The standard InChI is InChI=1S/C57H100O6/c1-4-7-10-13-16-19-22-24-26-28-30-32-35-37-40-43-46-49-55(58)61-52-54(63-57(60)51-48-45-42-39-34-21-18-15-12-9-6-3)53-62-56(59)50-47-44-41-38-36-33-31-29-27-25-23-20-17-14-11-8-5-2/h16,19,24-27,30,32,37,40,54H,4-15,17-18,20-23,28-29,31,33-36,38-39,41-53H2,1-3H3/b19-16-,26-24-,27-25-,32-30-,40-37-/t54-/m1/s1. The van der Waals surface area contributed by atoms with E-state index in [9.17, 15) is 14.4 Å². The molecular formula is C57H100O6. The van der Waals surface area contributed by atoms with Crippen LogP contribution in [0.4, 0.5) is 0 Å². The molecule has 0 aromatic rings. The third-order valence-corrected chi connectivity index (χ3v) is 11.5. The average Bonchev–Trinajstić information content (AvgIpc) is 3.28. The number of unbranched alkanes of at least 4 members (excludes halogenated alkanes) is 27. The van der Waals surface area contributed by atoms with Crippen molar-refractivity contribution in [3.63, 3.8) is 0 Å². The van der Waals surface area contributed by atoms with E-state index >= 15 is 0 Å². The largest absolute Gasteiger partial charge is 0.462 e. The van der Waals surface area contributed by atoms with Crippen LogP contribution in [0.25, 0.3) is 0 Å². The molecule has 0 aromatic heterocycles. The van der Waals surface area contributed by atoms with Gasteiger partial charge in [-0.2, -0.15) is 0 Å². The van der Waals surface area contributed by atoms with Gasteiger partial charge in [0.15, 0.2) is 6.10 Å².